The average molecular weight is 363 g/mol. The lowest BCUT2D eigenvalue weighted by molar-refractivity contribution is -0.174. The fourth-order valence-electron chi connectivity index (χ4n) is 1.95. The van der Waals surface area contributed by atoms with Crippen LogP contribution in [0.5, 0.6) is 11.5 Å². The van der Waals surface area contributed by atoms with Crippen molar-refractivity contribution < 1.29 is 32.2 Å². The molecule has 0 spiro atoms. The van der Waals surface area contributed by atoms with Crippen LogP contribution in [-0.2, 0) is 4.74 Å². The Hall–Kier alpha value is -1.96. The molecule has 0 aliphatic rings. The van der Waals surface area contributed by atoms with Gasteiger partial charge in [-0.1, -0.05) is 13.3 Å². The van der Waals surface area contributed by atoms with Crippen molar-refractivity contribution in [3.05, 3.63) is 23.8 Å². The highest BCUT2D eigenvalue weighted by Gasteiger charge is 2.27. The SMILES string of the molecule is CCCCOc1ccc(C(=O)NC(C)COCC(F)(F)F)cc1OC. The van der Waals surface area contributed by atoms with Crippen LogP contribution in [0.15, 0.2) is 18.2 Å². The van der Waals surface area contributed by atoms with Crippen molar-refractivity contribution in [2.75, 3.05) is 26.9 Å². The number of rotatable bonds is 10. The summed E-state index contributed by atoms with van der Waals surface area (Å²) >= 11 is 0. The molecule has 142 valence electrons. The van der Waals surface area contributed by atoms with E-state index in [2.05, 4.69) is 10.1 Å². The number of carbonyl (C=O) groups is 1. The fourth-order valence-corrected chi connectivity index (χ4v) is 1.95. The second kappa shape index (κ2) is 10.1. The maximum Gasteiger partial charge on any atom is 0.411 e. The van der Waals surface area contributed by atoms with Gasteiger partial charge >= 0.3 is 6.18 Å². The summed E-state index contributed by atoms with van der Waals surface area (Å²) in [5, 5.41) is 2.58. The first-order valence-corrected chi connectivity index (χ1v) is 8.03. The minimum Gasteiger partial charge on any atom is -0.493 e. The number of nitrogens with one attached hydrogen (secondary N) is 1. The highest BCUT2D eigenvalue weighted by atomic mass is 19.4. The molecule has 0 radical (unpaired) electrons. The van der Waals surface area contributed by atoms with Crippen LogP contribution < -0.4 is 14.8 Å². The lowest BCUT2D eigenvalue weighted by Gasteiger charge is -2.16. The van der Waals surface area contributed by atoms with Crippen LogP contribution in [0, 0.1) is 0 Å². The standard InChI is InChI=1S/C17H24F3NO4/c1-4-5-8-25-14-7-6-13(9-15(14)23-3)16(22)21-12(2)10-24-11-17(18,19)20/h6-7,9,12H,4-5,8,10-11H2,1-3H3,(H,21,22). The Labute approximate surface area is 145 Å². The Morgan fingerprint density at radius 2 is 2.00 bits per heavy atom. The lowest BCUT2D eigenvalue weighted by Crippen LogP contribution is -2.36. The van der Waals surface area contributed by atoms with Crippen molar-refractivity contribution in [3.8, 4) is 11.5 Å². The highest BCUT2D eigenvalue weighted by Crippen LogP contribution is 2.28. The molecule has 1 aromatic rings. The van der Waals surface area contributed by atoms with E-state index in [1.165, 1.54) is 13.2 Å². The molecule has 0 aromatic heterocycles. The molecule has 0 aliphatic heterocycles. The van der Waals surface area contributed by atoms with Crippen LogP contribution in [-0.4, -0.2) is 45.1 Å². The number of hydrogen-bond donors (Lipinski definition) is 1. The van der Waals surface area contributed by atoms with Crippen LogP contribution in [0.1, 0.15) is 37.0 Å². The number of alkyl halides is 3. The molecule has 1 amide bonds. The Bertz CT molecular complexity index is 549. The summed E-state index contributed by atoms with van der Waals surface area (Å²) in [6.07, 6.45) is -2.48. The maximum atomic E-state index is 12.2. The molecule has 8 heteroatoms. The van der Waals surface area contributed by atoms with Crippen molar-refractivity contribution in [1.82, 2.24) is 5.32 Å². The first-order valence-electron chi connectivity index (χ1n) is 8.03. The minimum absolute atomic E-state index is 0.236. The van der Waals surface area contributed by atoms with Crippen LogP contribution in [0.4, 0.5) is 13.2 Å². The summed E-state index contributed by atoms with van der Waals surface area (Å²) in [4.78, 5) is 12.2. The van der Waals surface area contributed by atoms with Crippen molar-refractivity contribution >= 4 is 5.91 Å². The number of hydrogen-bond acceptors (Lipinski definition) is 4. The van der Waals surface area contributed by atoms with Gasteiger partial charge in [-0.3, -0.25) is 4.79 Å². The first-order chi connectivity index (χ1) is 11.8. The topological polar surface area (TPSA) is 56.8 Å². The van der Waals surface area contributed by atoms with Crippen LogP contribution >= 0.6 is 0 Å². The second-order valence-corrected chi connectivity index (χ2v) is 5.57. The monoisotopic (exact) mass is 363 g/mol. The van der Waals surface area contributed by atoms with Crippen LogP contribution in [0.25, 0.3) is 0 Å². The van der Waals surface area contributed by atoms with Crippen LogP contribution in [0.3, 0.4) is 0 Å². The van der Waals surface area contributed by atoms with Crippen molar-refractivity contribution in [2.24, 2.45) is 0 Å². The smallest absolute Gasteiger partial charge is 0.411 e. The van der Waals surface area contributed by atoms with E-state index < -0.39 is 24.7 Å². The van der Waals surface area contributed by atoms with Gasteiger partial charge in [0.1, 0.15) is 6.61 Å². The predicted octanol–water partition coefficient (Wildman–Crippen LogP) is 3.57. The third-order valence-corrected chi connectivity index (χ3v) is 3.19. The number of amides is 1. The summed E-state index contributed by atoms with van der Waals surface area (Å²) in [6, 6.07) is 4.16. The molecule has 0 fully saturated rings. The number of ether oxygens (including phenoxy) is 3. The summed E-state index contributed by atoms with van der Waals surface area (Å²) in [5.41, 5.74) is 0.322. The molecule has 0 saturated heterocycles. The van der Waals surface area contributed by atoms with E-state index in [0.717, 1.165) is 12.8 Å². The molecule has 25 heavy (non-hydrogen) atoms. The van der Waals surface area contributed by atoms with Gasteiger partial charge in [0.2, 0.25) is 0 Å². The number of methoxy groups -OCH3 is 1. The molecule has 1 unspecified atom stereocenters. The molecule has 0 bridgehead atoms. The molecular weight excluding hydrogens is 339 g/mol. The average Bonchev–Trinajstić information content (AvgIpc) is 2.53. The van der Waals surface area contributed by atoms with E-state index in [4.69, 9.17) is 9.47 Å². The lowest BCUT2D eigenvalue weighted by atomic mass is 10.1. The van der Waals surface area contributed by atoms with E-state index in [1.807, 2.05) is 6.92 Å². The van der Waals surface area contributed by atoms with Gasteiger partial charge in [-0.05, 0) is 31.5 Å². The minimum atomic E-state index is -4.38. The van der Waals surface area contributed by atoms with Gasteiger partial charge in [-0.2, -0.15) is 13.2 Å². The summed E-state index contributed by atoms with van der Waals surface area (Å²) < 4.78 is 51.4. The normalized spacial score (nSPS) is 12.6. The molecule has 0 heterocycles. The van der Waals surface area contributed by atoms with Gasteiger partial charge in [-0.15, -0.1) is 0 Å². The molecule has 1 aromatic carbocycles. The Kier molecular flexibility index (Phi) is 8.54. The van der Waals surface area contributed by atoms with Gasteiger partial charge in [0.15, 0.2) is 11.5 Å². The molecule has 5 nitrogen and oxygen atoms in total. The van der Waals surface area contributed by atoms with Gasteiger partial charge in [0.05, 0.1) is 20.3 Å². The highest BCUT2D eigenvalue weighted by molar-refractivity contribution is 5.95. The van der Waals surface area contributed by atoms with E-state index in [1.54, 1.807) is 19.1 Å². The number of halogens is 3. The van der Waals surface area contributed by atoms with E-state index in [9.17, 15) is 18.0 Å². The Morgan fingerprint density at radius 3 is 2.60 bits per heavy atom. The summed E-state index contributed by atoms with van der Waals surface area (Å²) in [6.45, 7) is 2.58. The fraction of sp³-hybridized carbons (Fsp3) is 0.588. The third-order valence-electron chi connectivity index (χ3n) is 3.19. The van der Waals surface area contributed by atoms with E-state index >= 15 is 0 Å². The third kappa shape index (κ3) is 8.11. The van der Waals surface area contributed by atoms with Crippen molar-refractivity contribution in [3.63, 3.8) is 0 Å². The second-order valence-electron chi connectivity index (χ2n) is 5.57. The summed E-state index contributed by atoms with van der Waals surface area (Å²) in [7, 11) is 1.47. The van der Waals surface area contributed by atoms with E-state index in [-0.39, 0.29) is 6.61 Å². The summed E-state index contributed by atoms with van der Waals surface area (Å²) in [5.74, 6) is 0.528. The van der Waals surface area contributed by atoms with Crippen LogP contribution in [0.2, 0.25) is 0 Å². The molecular formula is C17H24F3NO4. The largest absolute Gasteiger partial charge is 0.493 e. The van der Waals surface area contributed by atoms with E-state index in [0.29, 0.717) is 23.7 Å². The molecule has 0 aliphatic carbocycles. The number of carbonyl (C=O) groups excluding carboxylic acids is 1. The van der Waals surface area contributed by atoms with Crippen molar-refractivity contribution in [2.45, 2.75) is 38.9 Å². The van der Waals surface area contributed by atoms with Gasteiger partial charge in [-0.25, -0.2) is 0 Å². The van der Waals surface area contributed by atoms with Crippen molar-refractivity contribution in [1.29, 1.82) is 0 Å². The van der Waals surface area contributed by atoms with Gasteiger partial charge < -0.3 is 19.5 Å². The Balaban J connectivity index is 2.59. The Morgan fingerprint density at radius 1 is 1.28 bits per heavy atom. The number of unbranched alkanes of at least 4 members (excludes halogenated alkanes) is 1. The molecule has 1 rings (SSSR count). The van der Waals surface area contributed by atoms with Gasteiger partial charge in [0.25, 0.3) is 5.91 Å². The zero-order valence-corrected chi connectivity index (χ0v) is 14.6. The number of benzene rings is 1. The predicted molar refractivity (Wildman–Crippen MR) is 87.2 cm³/mol. The molecule has 1 N–H and O–H groups in total. The zero-order valence-electron chi connectivity index (χ0n) is 14.6. The molecule has 1 atom stereocenters. The van der Waals surface area contributed by atoms with Gasteiger partial charge in [0, 0.05) is 11.6 Å². The molecule has 0 saturated carbocycles. The first kappa shape index (κ1) is 21.1. The zero-order chi connectivity index (χ0) is 18.9. The quantitative estimate of drug-likeness (QED) is 0.646. The maximum absolute atomic E-state index is 12.2.